The molecule has 2 N–H and O–H groups in total. The number of ketones is 1. The van der Waals surface area contributed by atoms with E-state index in [4.69, 9.17) is 9.47 Å². The van der Waals surface area contributed by atoms with Crippen molar-refractivity contribution in [2.45, 2.75) is 38.7 Å². The number of hydrogen-bond acceptors (Lipinski definition) is 5. The Balaban J connectivity index is 1.52. The number of aliphatic hydroxyl groups excluding tert-OH is 1. The highest BCUT2D eigenvalue weighted by Gasteiger charge is 2.21. The molecule has 1 atom stereocenters. The number of amides is 1. The molecule has 1 saturated carbocycles. The number of rotatable bonds is 12. The second kappa shape index (κ2) is 10.2. The number of nitrogens with one attached hydrogen (secondary N) is 1. The summed E-state index contributed by atoms with van der Waals surface area (Å²) in [5.74, 6) is 1.15. The summed E-state index contributed by atoms with van der Waals surface area (Å²) in [6, 6.07) is 6.98. The molecule has 1 aliphatic rings. The molecule has 6 heteroatoms. The zero-order chi connectivity index (χ0) is 18.1. The SMILES string of the molecule is CC(=O)c1cccc(OCCCC(=O)NCC(O)COCC2CC2)c1. The average molecular weight is 349 g/mol. The lowest BCUT2D eigenvalue weighted by Crippen LogP contribution is -2.34. The van der Waals surface area contributed by atoms with E-state index in [9.17, 15) is 14.7 Å². The van der Waals surface area contributed by atoms with Crippen LogP contribution in [0.3, 0.4) is 0 Å². The van der Waals surface area contributed by atoms with Gasteiger partial charge in [-0.3, -0.25) is 9.59 Å². The first kappa shape index (κ1) is 19.4. The Morgan fingerprint density at radius 3 is 2.88 bits per heavy atom. The molecule has 1 aromatic rings. The summed E-state index contributed by atoms with van der Waals surface area (Å²) in [5, 5.41) is 12.4. The van der Waals surface area contributed by atoms with Gasteiger partial charge in [-0.2, -0.15) is 0 Å². The van der Waals surface area contributed by atoms with E-state index in [0.717, 1.165) is 0 Å². The smallest absolute Gasteiger partial charge is 0.220 e. The second-order valence-corrected chi connectivity index (χ2v) is 6.47. The molecule has 2 rings (SSSR count). The van der Waals surface area contributed by atoms with Crippen molar-refractivity contribution in [1.29, 1.82) is 0 Å². The van der Waals surface area contributed by atoms with Gasteiger partial charge in [0, 0.05) is 25.1 Å². The van der Waals surface area contributed by atoms with E-state index in [1.165, 1.54) is 19.8 Å². The lowest BCUT2D eigenvalue weighted by atomic mass is 10.1. The van der Waals surface area contributed by atoms with E-state index in [2.05, 4.69) is 5.32 Å². The Hall–Kier alpha value is -1.92. The largest absolute Gasteiger partial charge is 0.494 e. The van der Waals surface area contributed by atoms with Gasteiger partial charge in [-0.15, -0.1) is 0 Å². The molecule has 1 unspecified atom stereocenters. The molecule has 0 aliphatic heterocycles. The van der Waals surface area contributed by atoms with Crippen molar-refractivity contribution in [1.82, 2.24) is 5.32 Å². The van der Waals surface area contributed by atoms with Crippen LogP contribution in [0.4, 0.5) is 0 Å². The lowest BCUT2D eigenvalue weighted by molar-refractivity contribution is -0.122. The Labute approximate surface area is 148 Å². The van der Waals surface area contributed by atoms with Gasteiger partial charge < -0.3 is 19.9 Å². The summed E-state index contributed by atoms with van der Waals surface area (Å²) in [6.45, 7) is 3.06. The van der Waals surface area contributed by atoms with Gasteiger partial charge in [0.15, 0.2) is 5.78 Å². The maximum absolute atomic E-state index is 11.7. The average Bonchev–Trinajstić information content (AvgIpc) is 3.41. The van der Waals surface area contributed by atoms with E-state index in [1.54, 1.807) is 24.3 Å². The van der Waals surface area contributed by atoms with Gasteiger partial charge in [0.2, 0.25) is 5.91 Å². The third-order valence-corrected chi connectivity index (χ3v) is 3.95. The fraction of sp³-hybridized carbons (Fsp3) is 0.579. The van der Waals surface area contributed by atoms with Crippen LogP contribution < -0.4 is 10.1 Å². The Morgan fingerprint density at radius 1 is 1.36 bits per heavy atom. The number of aliphatic hydroxyl groups is 1. The normalized spacial score (nSPS) is 14.8. The predicted molar refractivity (Wildman–Crippen MR) is 93.7 cm³/mol. The van der Waals surface area contributed by atoms with Crippen LogP contribution in [0.25, 0.3) is 0 Å². The summed E-state index contributed by atoms with van der Waals surface area (Å²) in [7, 11) is 0. The van der Waals surface area contributed by atoms with E-state index >= 15 is 0 Å². The van der Waals surface area contributed by atoms with Crippen LogP contribution in [0.1, 0.15) is 43.0 Å². The maximum Gasteiger partial charge on any atom is 0.220 e. The molecular weight excluding hydrogens is 322 g/mol. The van der Waals surface area contributed by atoms with Crippen LogP contribution in [0, 0.1) is 5.92 Å². The molecule has 0 aromatic heterocycles. The monoisotopic (exact) mass is 349 g/mol. The molecule has 1 aromatic carbocycles. The fourth-order valence-electron chi connectivity index (χ4n) is 2.26. The quantitative estimate of drug-likeness (QED) is 0.445. The third-order valence-electron chi connectivity index (χ3n) is 3.95. The van der Waals surface area contributed by atoms with Gasteiger partial charge in [-0.25, -0.2) is 0 Å². The minimum atomic E-state index is -0.673. The van der Waals surface area contributed by atoms with Crippen molar-refractivity contribution in [2.24, 2.45) is 5.92 Å². The number of ether oxygens (including phenoxy) is 2. The molecule has 25 heavy (non-hydrogen) atoms. The highest BCUT2D eigenvalue weighted by Crippen LogP contribution is 2.28. The maximum atomic E-state index is 11.7. The minimum Gasteiger partial charge on any atom is -0.494 e. The number of benzene rings is 1. The molecular formula is C19H27NO5. The van der Waals surface area contributed by atoms with Crippen LogP contribution >= 0.6 is 0 Å². The molecule has 0 heterocycles. The van der Waals surface area contributed by atoms with Crippen LogP contribution in [0.2, 0.25) is 0 Å². The van der Waals surface area contributed by atoms with Crippen LogP contribution in [0.5, 0.6) is 5.75 Å². The molecule has 138 valence electrons. The highest BCUT2D eigenvalue weighted by atomic mass is 16.5. The van der Waals surface area contributed by atoms with Crippen LogP contribution in [-0.2, 0) is 9.53 Å². The van der Waals surface area contributed by atoms with Crippen molar-refractivity contribution in [3.05, 3.63) is 29.8 Å². The number of hydrogen-bond donors (Lipinski definition) is 2. The van der Waals surface area contributed by atoms with Gasteiger partial charge >= 0.3 is 0 Å². The van der Waals surface area contributed by atoms with Crippen molar-refractivity contribution >= 4 is 11.7 Å². The van der Waals surface area contributed by atoms with Gasteiger partial charge in [0.25, 0.3) is 0 Å². The summed E-state index contributed by atoms with van der Waals surface area (Å²) in [5.41, 5.74) is 0.605. The fourth-order valence-corrected chi connectivity index (χ4v) is 2.26. The molecule has 1 fully saturated rings. The van der Waals surface area contributed by atoms with Crippen molar-refractivity contribution in [2.75, 3.05) is 26.4 Å². The summed E-state index contributed by atoms with van der Waals surface area (Å²) >= 11 is 0. The van der Waals surface area contributed by atoms with Crippen LogP contribution in [0.15, 0.2) is 24.3 Å². The first-order valence-electron chi connectivity index (χ1n) is 8.81. The first-order chi connectivity index (χ1) is 12.0. The Kier molecular flexibility index (Phi) is 7.88. The zero-order valence-corrected chi connectivity index (χ0v) is 14.7. The Bertz CT molecular complexity index is 571. The summed E-state index contributed by atoms with van der Waals surface area (Å²) in [6.07, 6.45) is 2.64. The second-order valence-electron chi connectivity index (χ2n) is 6.47. The van der Waals surface area contributed by atoms with E-state index in [0.29, 0.717) is 43.3 Å². The zero-order valence-electron chi connectivity index (χ0n) is 14.7. The topological polar surface area (TPSA) is 84.9 Å². The first-order valence-corrected chi connectivity index (χ1v) is 8.81. The molecule has 6 nitrogen and oxygen atoms in total. The van der Waals surface area contributed by atoms with Crippen molar-refractivity contribution < 1.29 is 24.2 Å². The summed E-state index contributed by atoms with van der Waals surface area (Å²) < 4.78 is 10.9. The number of Topliss-reactive ketones (excluding diaryl/α,β-unsaturated/α-hetero) is 1. The molecule has 0 spiro atoms. The van der Waals surface area contributed by atoms with Crippen molar-refractivity contribution in [3.63, 3.8) is 0 Å². The van der Waals surface area contributed by atoms with Crippen molar-refractivity contribution in [3.8, 4) is 5.75 Å². The number of carbonyl (C=O) groups is 2. The standard InChI is InChI=1S/C19H27NO5/c1-14(21)16-4-2-5-18(10-16)25-9-3-6-19(23)20-11-17(22)13-24-12-15-7-8-15/h2,4-5,10,15,17,22H,3,6-9,11-13H2,1H3,(H,20,23). The van der Waals surface area contributed by atoms with Gasteiger partial charge in [0.05, 0.1) is 19.3 Å². The van der Waals surface area contributed by atoms with Crippen LogP contribution in [-0.4, -0.2) is 49.3 Å². The highest BCUT2D eigenvalue weighted by molar-refractivity contribution is 5.94. The van der Waals surface area contributed by atoms with E-state index < -0.39 is 6.10 Å². The van der Waals surface area contributed by atoms with Gasteiger partial charge in [-0.05, 0) is 44.2 Å². The summed E-state index contributed by atoms with van der Waals surface area (Å²) in [4.78, 5) is 23.0. The lowest BCUT2D eigenvalue weighted by Gasteiger charge is -2.12. The molecule has 1 amide bonds. The number of carbonyl (C=O) groups excluding carboxylic acids is 2. The third kappa shape index (κ3) is 8.14. The van der Waals surface area contributed by atoms with E-state index in [-0.39, 0.29) is 24.8 Å². The predicted octanol–water partition coefficient (Wildman–Crippen LogP) is 1.95. The van der Waals surface area contributed by atoms with Gasteiger partial charge in [-0.1, -0.05) is 12.1 Å². The van der Waals surface area contributed by atoms with E-state index in [1.807, 2.05) is 0 Å². The van der Waals surface area contributed by atoms with Gasteiger partial charge in [0.1, 0.15) is 5.75 Å². The Morgan fingerprint density at radius 2 is 2.16 bits per heavy atom. The minimum absolute atomic E-state index is 0.00973. The molecule has 0 radical (unpaired) electrons. The molecule has 0 bridgehead atoms. The molecule has 1 aliphatic carbocycles. The molecule has 0 saturated heterocycles.